The van der Waals surface area contributed by atoms with Crippen LogP contribution in [0.4, 0.5) is 0 Å². The van der Waals surface area contributed by atoms with E-state index in [2.05, 4.69) is 0 Å². The first-order valence-electron chi connectivity index (χ1n) is 8.85. The minimum atomic E-state index is -3.79. The quantitative estimate of drug-likeness (QED) is 0.756. The Balaban J connectivity index is 1.59. The average molecular weight is 382 g/mol. The lowest BCUT2D eigenvalue weighted by molar-refractivity contribution is -0.138. The molecule has 142 valence electrons. The molecule has 1 amide bonds. The second-order valence-electron chi connectivity index (χ2n) is 6.52. The molecule has 1 aromatic carbocycles. The summed E-state index contributed by atoms with van der Waals surface area (Å²) in [6.07, 6.45) is 1.21. The molecule has 0 spiro atoms. The molecule has 0 aromatic heterocycles. The van der Waals surface area contributed by atoms with Crippen LogP contribution in [-0.2, 0) is 19.6 Å². The third-order valence-corrected chi connectivity index (χ3v) is 6.84. The van der Waals surface area contributed by atoms with Crippen molar-refractivity contribution in [1.29, 1.82) is 0 Å². The first kappa shape index (κ1) is 17.6. The summed E-state index contributed by atoms with van der Waals surface area (Å²) in [4.78, 5) is 14.7. The van der Waals surface area contributed by atoms with Crippen molar-refractivity contribution >= 4 is 15.9 Å². The number of benzene rings is 1. The van der Waals surface area contributed by atoms with E-state index in [9.17, 15) is 13.2 Å². The van der Waals surface area contributed by atoms with Crippen LogP contribution in [0.3, 0.4) is 0 Å². The summed E-state index contributed by atoms with van der Waals surface area (Å²) < 4.78 is 43.9. The maximum Gasteiger partial charge on any atom is 0.243 e. The third-order valence-electron chi connectivity index (χ3n) is 4.93. The first-order chi connectivity index (χ1) is 12.6. The Morgan fingerprint density at radius 2 is 1.73 bits per heavy atom. The topological polar surface area (TPSA) is 85.4 Å². The molecule has 26 heavy (non-hydrogen) atoms. The summed E-state index contributed by atoms with van der Waals surface area (Å²) in [6.45, 7) is 3.18. The van der Waals surface area contributed by atoms with Crippen molar-refractivity contribution in [2.45, 2.75) is 23.8 Å². The van der Waals surface area contributed by atoms with Crippen molar-refractivity contribution < 1.29 is 27.4 Å². The maximum atomic E-state index is 13.2. The molecule has 0 radical (unpaired) electrons. The highest BCUT2D eigenvalue weighted by Crippen LogP contribution is 2.35. The van der Waals surface area contributed by atoms with Gasteiger partial charge >= 0.3 is 0 Å². The lowest BCUT2D eigenvalue weighted by Crippen LogP contribution is -2.50. The van der Waals surface area contributed by atoms with Crippen molar-refractivity contribution in [1.82, 2.24) is 9.21 Å². The molecule has 8 nitrogen and oxygen atoms in total. The van der Waals surface area contributed by atoms with E-state index in [4.69, 9.17) is 14.2 Å². The van der Waals surface area contributed by atoms with Crippen molar-refractivity contribution in [3.05, 3.63) is 18.2 Å². The van der Waals surface area contributed by atoms with E-state index in [1.807, 2.05) is 0 Å². The second-order valence-corrected chi connectivity index (χ2v) is 8.41. The average Bonchev–Trinajstić information content (AvgIpc) is 3.18. The van der Waals surface area contributed by atoms with Crippen LogP contribution in [0.25, 0.3) is 0 Å². The first-order valence-corrected chi connectivity index (χ1v) is 10.3. The summed E-state index contributed by atoms with van der Waals surface area (Å²) in [5, 5.41) is 0. The van der Waals surface area contributed by atoms with Gasteiger partial charge in [0.25, 0.3) is 0 Å². The van der Waals surface area contributed by atoms with Crippen LogP contribution in [0.2, 0.25) is 0 Å². The van der Waals surface area contributed by atoms with E-state index in [1.165, 1.54) is 16.4 Å². The molecule has 1 aromatic rings. The number of nitrogens with zero attached hydrogens (tertiary/aromatic N) is 2. The van der Waals surface area contributed by atoms with Gasteiger partial charge in [-0.25, -0.2) is 8.42 Å². The second kappa shape index (κ2) is 7.05. The lowest BCUT2D eigenvalue weighted by Gasteiger charge is -2.32. The number of hydrogen-bond acceptors (Lipinski definition) is 6. The zero-order valence-corrected chi connectivity index (χ0v) is 15.2. The van der Waals surface area contributed by atoms with Crippen LogP contribution < -0.4 is 9.47 Å². The Hall–Kier alpha value is -1.84. The van der Waals surface area contributed by atoms with Crippen LogP contribution in [-0.4, -0.2) is 75.6 Å². The standard InChI is InChI=1S/C17H22N2O6S/c20-17(18-6-8-23-9-7-18)14-2-1-5-19(14)26(21,22)13-3-4-15-16(12-13)25-11-10-24-15/h3-4,12,14H,1-2,5-11H2. The van der Waals surface area contributed by atoms with E-state index >= 15 is 0 Å². The SMILES string of the molecule is O=C(C1CCCN1S(=O)(=O)c1ccc2c(c1)OCCO2)N1CCOCC1. The summed E-state index contributed by atoms with van der Waals surface area (Å²) in [7, 11) is -3.79. The Morgan fingerprint density at radius 1 is 1.00 bits per heavy atom. The molecule has 1 atom stereocenters. The van der Waals surface area contributed by atoms with E-state index < -0.39 is 16.1 Å². The zero-order chi connectivity index (χ0) is 18.1. The Kier molecular flexibility index (Phi) is 4.76. The minimum absolute atomic E-state index is 0.128. The Bertz CT molecular complexity index is 790. The van der Waals surface area contributed by atoms with Gasteiger partial charge in [-0.1, -0.05) is 0 Å². The molecular weight excluding hydrogens is 360 g/mol. The molecule has 3 aliphatic rings. The van der Waals surface area contributed by atoms with Gasteiger partial charge in [-0.3, -0.25) is 4.79 Å². The zero-order valence-electron chi connectivity index (χ0n) is 14.4. The molecule has 4 rings (SSSR count). The van der Waals surface area contributed by atoms with Crippen LogP contribution >= 0.6 is 0 Å². The van der Waals surface area contributed by atoms with Crippen LogP contribution in [0.1, 0.15) is 12.8 Å². The van der Waals surface area contributed by atoms with E-state index in [1.54, 1.807) is 11.0 Å². The van der Waals surface area contributed by atoms with Gasteiger partial charge in [-0.15, -0.1) is 0 Å². The van der Waals surface area contributed by atoms with Gasteiger partial charge in [0.2, 0.25) is 15.9 Å². The number of morpholine rings is 1. The minimum Gasteiger partial charge on any atom is -0.486 e. The van der Waals surface area contributed by atoms with Crippen LogP contribution in [0.15, 0.2) is 23.1 Å². The predicted octanol–water partition coefficient (Wildman–Crippen LogP) is 0.470. The van der Waals surface area contributed by atoms with Gasteiger partial charge in [0, 0.05) is 25.7 Å². The number of carbonyl (C=O) groups excluding carboxylic acids is 1. The molecular formula is C17H22N2O6S. The van der Waals surface area contributed by atoms with Gasteiger partial charge in [0.15, 0.2) is 11.5 Å². The lowest BCUT2D eigenvalue weighted by atomic mass is 10.2. The van der Waals surface area contributed by atoms with Gasteiger partial charge in [-0.05, 0) is 25.0 Å². The molecule has 3 heterocycles. The van der Waals surface area contributed by atoms with Crippen molar-refractivity contribution in [3.63, 3.8) is 0 Å². The molecule has 0 N–H and O–H groups in total. The fraction of sp³-hybridized carbons (Fsp3) is 0.588. The molecule has 3 aliphatic heterocycles. The van der Waals surface area contributed by atoms with E-state index in [0.29, 0.717) is 70.4 Å². The molecule has 1 unspecified atom stereocenters. The van der Waals surface area contributed by atoms with Gasteiger partial charge in [-0.2, -0.15) is 4.31 Å². The highest BCUT2D eigenvalue weighted by molar-refractivity contribution is 7.89. The van der Waals surface area contributed by atoms with Gasteiger partial charge < -0.3 is 19.1 Å². The number of sulfonamides is 1. The fourth-order valence-corrected chi connectivity index (χ4v) is 5.26. The van der Waals surface area contributed by atoms with Crippen molar-refractivity contribution in [2.24, 2.45) is 0 Å². The molecule has 2 fully saturated rings. The monoisotopic (exact) mass is 382 g/mol. The Labute approximate surface area is 152 Å². The normalized spacial score (nSPS) is 23.8. The highest BCUT2D eigenvalue weighted by atomic mass is 32.2. The molecule has 0 aliphatic carbocycles. The predicted molar refractivity (Wildman–Crippen MR) is 91.7 cm³/mol. The maximum absolute atomic E-state index is 13.2. The smallest absolute Gasteiger partial charge is 0.243 e. The number of carbonyl (C=O) groups is 1. The number of ether oxygens (including phenoxy) is 3. The summed E-state index contributed by atoms with van der Waals surface area (Å²) in [6, 6.07) is 3.96. The molecule has 0 saturated carbocycles. The fourth-order valence-electron chi connectivity index (χ4n) is 3.59. The third kappa shape index (κ3) is 3.15. The number of fused-ring (bicyclic) bond motifs is 1. The van der Waals surface area contributed by atoms with Crippen LogP contribution in [0.5, 0.6) is 11.5 Å². The molecule has 2 saturated heterocycles. The number of rotatable bonds is 3. The Morgan fingerprint density at radius 3 is 2.50 bits per heavy atom. The number of amides is 1. The highest BCUT2D eigenvalue weighted by Gasteiger charge is 2.41. The molecule has 0 bridgehead atoms. The van der Waals surface area contributed by atoms with Gasteiger partial charge in [0.05, 0.1) is 18.1 Å². The largest absolute Gasteiger partial charge is 0.486 e. The van der Waals surface area contributed by atoms with E-state index in [-0.39, 0.29) is 10.8 Å². The summed E-state index contributed by atoms with van der Waals surface area (Å²) >= 11 is 0. The van der Waals surface area contributed by atoms with E-state index in [0.717, 1.165) is 0 Å². The van der Waals surface area contributed by atoms with Gasteiger partial charge in [0.1, 0.15) is 19.3 Å². The summed E-state index contributed by atoms with van der Waals surface area (Å²) in [5.74, 6) is 0.831. The molecule has 9 heteroatoms. The summed E-state index contributed by atoms with van der Waals surface area (Å²) in [5.41, 5.74) is 0. The van der Waals surface area contributed by atoms with Crippen molar-refractivity contribution in [2.75, 3.05) is 46.1 Å². The number of hydrogen-bond donors (Lipinski definition) is 0. The van der Waals surface area contributed by atoms with Crippen molar-refractivity contribution in [3.8, 4) is 11.5 Å². The van der Waals surface area contributed by atoms with Crippen LogP contribution in [0, 0.1) is 0 Å².